The number of rotatable bonds is 12. The van der Waals surface area contributed by atoms with E-state index >= 15 is 0 Å². The predicted octanol–water partition coefficient (Wildman–Crippen LogP) is 15.3. The molecule has 0 atom stereocenters. The summed E-state index contributed by atoms with van der Waals surface area (Å²) in [6.45, 7) is 0. The molecule has 9 rings (SSSR count). The molecule has 0 aromatic heterocycles. The molecule has 0 spiro atoms. The molecule has 0 aliphatic rings. The zero-order valence-electron chi connectivity index (χ0n) is 34.6. The summed E-state index contributed by atoms with van der Waals surface area (Å²) in [6, 6.07) is 67.2. The lowest BCUT2D eigenvalue weighted by Gasteiger charge is -2.14. The minimum atomic E-state index is -0.376. The summed E-state index contributed by atoms with van der Waals surface area (Å²) in [7, 11) is 0. The summed E-state index contributed by atoms with van der Waals surface area (Å²) in [4.78, 5) is 22.2. The molecule has 0 fully saturated rings. The monoisotopic (exact) mass is 828 g/mol. The highest BCUT2D eigenvalue weighted by molar-refractivity contribution is 6.14. The number of nitrogens with zero attached hydrogens (tertiary/aromatic N) is 2. The van der Waals surface area contributed by atoms with Crippen molar-refractivity contribution in [2.45, 2.75) is 0 Å². The van der Waals surface area contributed by atoms with E-state index in [1.165, 1.54) is 0 Å². The summed E-state index contributed by atoms with van der Waals surface area (Å²) < 4.78 is 0. The van der Waals surface area contributed by atoms with Gasteiger partial charge in [0.2, 0.25) is 0 Å². The number of fused-ring (bicyclic) bond motifs is 2. The fourth-order valence-corrected chi connectivity index (χ4v) is 8.23. The zero-order valence-corrected chi connectivity index (χ0v) is 34.6. The Morgan fingerprint density at radius 3 is 0.922 bits per heavy atom. The van der Waals surface area contributed by atoms with E-state index in [2.05, 4.69) is 134 Å². The lowest BCUT2D eigenvalue weighted by molar-refractivity contribution is -0.385. The van der Waals surface area contributed by atoms with Gasteiger partial charge in [-0.05, 0) is 125 Å². The third-order valence-electron chi connectivity index (χ3n) is 11.4. The lowest BCUT2D eigenvalue weighted by Crippen LogP contribution is -1.92. The Hall–Kier alpha value is -8.74. The smallest absolute Gasteiger partial charge is 0.258 e. The predicted molar refractivity (Wildman–Crippen MR) is 265 cm³/mol. The summed E-state index contributed by atoms with van der Waals surface area (Å²) in [5.74, 6) is 0. The molecule has 0 N–H and O–H groups in total. The zero-order chi connectivity index (χ0) is 43.8. The van der Waals surface area contributed by atoms with Gasteiger partial charge in [0.15, 0.2) is 0 Å². The molecule has 0 unspecified atom stereocenters. The molecule has 0 saturated heterocycles. The maximum absolute atomic E-state index is 11.5. The minimum Gasteiger partial charge on any atom is -0.258 e. The van der Waals surface area contributed by atoms with Crippen molar-refractivity contribution in [3.63, 3.8) is 0 Å². The van der Waals surface area contributed by atoms with Gasteiger partial charge in [0.05, 0.1) is 9.85 Å². The molecule has 306 valence electrons. The van der Waals surface area contributed by atoms with Crippen molar-refractivity contribution in [2.24, 2.45) is 0 Å². The van der Waals surface area contributed by atoms with Crippen LogP contribution in [0.3, 0.4) is 0 Å². The second-order valence-electron chi connectivity index (χ2n) is 15.3. The van der Waals surface area contributed by atoms with Crippen LogP contribution in [0.1, 0.15) is 55.6 Å². The molecule has 0 aliphatic carbocycles. The number of hydrogen-bond acceptors (Lipinski definition) is 4. The number of hydrogen-bond donors (Lipinski definition) is 0. The van der Waals surface area contributed by atoms with Gasteiger partial charge in [0, 0.05) is 24.3 Å². The molecule has 64 heavy (non-hydrogen) atoms. The van der Waals surface area contributed by atoms with Crippen LogP contribution >= 0.6 is 0 Å². The maximum atomic E-state index is 11.5. The van der Waals surface area contributed by atoms with E-state index in [0.29, 0.717) is 0 Å². The van der Waals surface area contributed by atoms with E-state index in [0.717, 1.165) is 88.3 Å². The first-order chi connectivity index (χ1) is 31.4. The molecule has 6 heteroatoms. The quantitative estimate of drug-likeness (QED) is 0.0531. The molecule has 0 heterocycles. The molecule has 9 aromatic rings. The fourth-order valence-electron chi connectivity index (χ4n) is 8.23. The number of non-ortho nitro benzene ring substituents is 2. The molecule has 0 radical (unpaired) electrons. The average Bonchev–Trinajstić information content (AvgIpc) is 3.34. The van der Waals surface area contributed by atoms with Gasteiger partial charge in [0.25, 0.3) is 11.4 Å². The molecular weight excluding hydrogens is 789 g/mol. The summed E-state index contributed by atoms with van der Waals surface area (Å²) in [5.41, 5.74) is 12.1. The SMILES string of the molecule is O=[N+]([O-])c1ccc(C(=Cc2ccccc2C=Cc2c3ccccc3c(C=Cc3ccccc3C=C(c3ccccc3)c3ccc([N+](=O)[O-])cc3)c3ccccc23)c2ccccc2)cc1. The van der Waals surface area contributed by atoms with Crippen LogP contribution in [0, 0.1) is 20.2 Å². The van der Waals surface area contributed by atoms with Gasteiger partial charge in [-0.1, -0.05) is 182 Å². The Morgan fingerprint density at radius 1 is 0.312 bits per heavy atom. The van der Waals surface area contributed by atoms with E-state index in [-0.39, 0.29) is 21.2 Å². The Bertz CT molecular complexity index is 3020. The first kappa shape index (κ1) is 40.7. The van der Waals surface area contributed by atoms with E-state index in [9.17, 15) is 20.2 Å². The second-order valence-corrected chi connectivity index (χ2v) is 15.3. The van der Waals surface area contributed by atoms with E-state index < -0.39 is 0 Å². The molecule has 9 aromatic carbocycles. The molecule has 0 aliphatic heterocycles. The van der Waals surface area contributed by atoms with Gasteiger partial charge in [-0.25, -0.2) is 0 Å². The van der Waals surface area contributed by atoms with E-state index in [4.69, 9.17) is 0 Å². The minimum absolute atomic E-state index is 0.0525. The van der Waals surface area contributed by atoms with Crippen molar-refractivity contribution in [1.29, 1.82) is 0 Å². The third kappa shape index (κ3) is 8.71. The van der Waals surface area contributed by atoms with Crippen molar-refractivity contribution in [3.8, 4) is 0 Å². The van der Waals surface area contributed by atoms with Crippen molar-refractivity contribution in [1.82, 2.24) is 0 Å². The first-order valence-electron chi connectivity index (χ1n) is 20.9. The molecule has 6 nitrogen and oxygen atoms in total. The topological polar surface area (TPSA) is 86.3 Å². The molecule has 0 saturated carbocycles. The van der Waals surface area contributed by atoms with Crippen molar-refractivity contribution < 1.29 is 9.85 Å². The maximum Gasteiger partial charge on any atom is 0.269 e. The number of nitro benzene ring substituents is 2. The van der Waals surface area contributed by atoms with Crippen molar-refractivity contribution >= 4 is 80.5 Å². The van der Waals surface area contributed by atoms with Crippen LogP contribution in [0.2, 0.25) is 0 Å². The van der Waals surface area contributed by atoms with Crippen LogP contribution in [0.5, 0.6) is 0 Å². The Labute approximate surface area is 371 Å². The van der Waals surface area contributed by atoms with Crippen LogP contribution < -0.4 is 0 Å². The van der Waals surface area contributed by atoms with Gasteiger partial charge in [-0.2, -0.15) is 0 Å². The van der Waals surface area contributed by atoms with Gasteiger partial charge in [-0.15, -0.1) is 0 Å². The Balaban J connectivity index is 1.12. The van der Waals surface area contributed by atoms with Gasteiger partial charge in [-0.3, -0.25) is 20.2 Å². The van der Waals surface area contributed by atoms with Crippen LogP contribution in [0.15, 0.2) is 206 Å². The van der Waals surface area contributed by atoms with Crippen molar-refractivity contribution in [2.75, 3.05) is 0 Å². The highest BCUT2D eigenvalue weighted by Gasteiger charge is 2.14. The largest absolute Gasteiger partial charge is 0.269 e. The second kappa shape index (κ2) is 18.5. The molecular formula is C58H40N2O4. The van der Waals surface area contributed by atoms with Gasteiger partial charge in [0.1, 0.15) is 0 Å². The average molecular weight is 829 g/mol. The molecule has 0 amide bonds. The fraction of sp³-hybridized carbons (Fsp3) is 0. The van der Waals surface area contributed by atoms with Crippen LogP contribution in [-0.4, -0.2) is 9.85 Å². The third-order valence-corrected chi connectivity index (χ3v) is 11.4. The molecule has 0 bridgehead atoms. The number of nitro groups is 2. The first-order valence-corrected chi connectivity index (χ1v) is 20.9. The Morgan fingerprint density at radius 2 is 0.594 bits per heavy atom. The standard InChI is InChI=1S/C58H40N2O4/c61-59(62)49-33-27-45(28-34-49)57(43-17-3-1-4-18-43)39-47-21-9-7-15-41(47)31-37-55-51-23-11-13-25-53(51)56(54-26-14-12-24-52(54)55)38-32-42-16-8-10-22-48(42)40-58(44-19-5-2-6-20-44)46-29-35-50(36-30-46)60(63)64/h1-40H. The van der Waals surface area contributed by atoms with Crippen LogP contribution in [-0.2, 0) is 0 Å². The van der Waals surface area contributed by atoms with Crippen LogP contribution in [0.25, 0.3) is 69.1 Å². The Kier molecular flexibility index (Phi) is 11.7. The van der Waals surface area contributed by atoms with E-state index in [1.54, 1.807) is 24.3 Å². The highest BCUT2D eigenvalue weighted by atomic mass is 16.6. The number of benzene rings is 9. The van der Waals surface area contributed by atoms with Gasteiger partial charge >= 0.3 is 0 Å². The van der Waals surface area contributed by atoms with Crippen molar-refractivity contribution in [3.05, 3.63) is 282 Å². The highest BCUT2D eigenvalue weighted by Crippen LogP contribution is 2.37. The summed E-state index contributed by atoms with van der Waals surface area (Å²) in [6.07, 6.45) is 13.1. The summed E-state index contributed by atoms with van der Waals surface area (Å²) in [5, 5.41) is 27.4. The van der Waals surface area contributed by atoms with Crippen LogP contribution in [0.4, 0.5) is 11.4 Å². The summed E-state index contributed by atoms with van der Waals surface area (Å²) >= 11 is 0. The lowest BCUT2D eigenvalue weighted by atomic mass is 9.90. The van der Waals surface area contributed by atoms with Gasteiger partial charge < -0.3 is 0 Å². The van der Waals surface area contributed by atoms with E-state index in [1.807, 2.05) is 84.9 Å². The normalized spacial score (nSPS) is 12.1.